The minimum atomic E-state index is -0.555. The maximum absolute atomic E-state index is 12.9. The molecule has 0 bridgehead atoms. The number of fused-ring (bicyclic) bond motifs is 1. The Morgan fingerprint density at radius 1 is 0.879 bits per heavy atom. The average Bonchev–Trinajstić information content (AvgIpc) is 3.15. The highest BCUT2D eigenvalue weighted by Crippen LogP contribution is 2.28. The second kappa shape index (κ2) is 9.89. The molecule has 0 aromatic heterocycles. The zero-order valence-corrected chi connectivity index (χ0v) is 19.2. The van der Waals surface area contributed by atoms with Gasteiger partial charge in [-0.1, -0.05) is 12.1 Å². The molecule has 4 aliphatic rings. The predicted octanol–water partition coefficient (Wildman–Crippen LogP) is -0.530. The monoisotopic (exact) mass is 454 g/mol. The highest BCUT2D eigenvalue weighted by molar-refractivity contribution is 6.05. The van der Waals surface area contributed by atoms with E-state index in [-0.39, 0.29) is 24.1 Å². The van der Waals surface area contributed by atoms with Crippen LogP contribution in [0.5, 0.6) is 0 Å². The summed E-state index contributed by atoms with van der Waals surface area (Å²) in [6, 6.07) is 5.51. The van der Waals surface area contributed by atoms with Gasteiger partial charge in [0.2, 0.25) is 11.8 Å². The zero-order valence-electron chi connectivity index (χ0n) is 19.2. The van der Waals surface area contributed by atoms with Gasteiger partial charge in [0.05, 0.1) is 0 Å². The van der Waals surface area contributed by atoms with Crippen molar-refractivity contribution >= 4 is 17.7 Å². The van der Waals surface area contributed by atoms with E-state index in [1.165, 1.54) is 5.56 Å². The van der Waals surface area contributed by atoms with Gasteiger partial charge in [0, 0.05) is 90.5 Å². The van der Waals surface area contributed by atoms with Gasteiger partial charge in [-0.05, 0) is 23.6 Å². The van der Waals surface area contributed by atoms with E-state index in [2.05, 4.69) is 31.4 Å². The number of hydrogen-bond donors (Lipinski definition) is 2. The summed E-state index contributed by atoms with van der Waals surface area (Å²) in [5, 5.41) is 5.77. The van der Waals surface area contributed by atoms with E-state index in [4.69, 9.17) is 0 Å². The van der Waals surface area contributed by atoms with Crippen molar-refractivity contribution < 1.29 is 14.4 Å². The van der Waals surface area contributed by atoms with Crippen LogP contribution in [0, 0.1) is 0 Å². The molecule has 0 spiro atoms. The van der Waals surface area contributed by atoms with Gasteiger partial charge in [-0.3, -0.25) is 34.4 Å². The first-order chi connectivity index (χ1) is 16.1. The van der Waals surface area contributed by atoms with Crippen LogP contribution in [0.25, 0.3) is 0 Å². The lowest BCUT2D eigenvalue weighted by molar-refractivity contribution is -0.136. The van der Waals surface area contributed by atoms with Crippen LogP contribution in [-0.4, -0.2) is 109 Å². The Kier molecular flexibility index (Phi) is 6.73. The first-order valence-corrected chi connectivity index (χ1v) is 12.2. The van der Waals surface area contributed by atoms with Gasteiger partial charge in [0.1, 0.15) is 6.04 Å². The number of rotatable bonds is 6. The topological polar surface area (TPSA) is 88.2 Å². The molecule has 1 unspecified atom stereocenters. The van der Waals surface area contributed by atoms with Crippen LogP contribution in [0.2, 0.25) is 0 Å². The molecule has 1 atom stereocenters. The third kappa shape index (κ3) is 5.11. The molecule has 1 aromatic rings. The van der Waals surface area contributed by atoms with Crippen LogP contribution in [0.1, 0.15) is 34.3 Å². The molecule has 0 aliphatic carbocycles. The lowest BCUT2D eigenvalue weighted by atomic mass is 10.0. The van der Waals surface area contributed by atoms with Crippen LogP contribution in [0.4, 0.5) is 0 Å². The summed E-state index contributed by atoms with van der Waals surface area (Å²) in [5.41, 5.74) is 2.87. The second-order valence-corrected chi connectivity index (χ2v) is 9.60. The lowest BCUT2D eigenvalue weighted by Gasteiger charge is -2.36. The van der Waals surface area contributed by atoms with Crippen molar-refractivity contribution in [1.82, 2.24) is 30.2 Å². The van der Waals surface area contributed by atoms with Gasteiger partial charge in [0.15, 0.2) is 0 Å². The Labute approximate surface area is 195 Å². The Hall–Kier alpha value is -2.33. The SMILES string of the molecule is O=C1CCC(N2Cc3cc(CN4CCN(CCN5CCNCC5)CC4)ccc3C2=O)C(=O)N1. The van der Waals surface area contributed by atoms with Crippen molar-refractivity contribution in [1.29, 1.82) is 0 Å². The fourth-order valence-electron chi connectivity index (χ4n) is 5.37. The number of benzene rings is 1. The van der Waals surface area contributed by atoms with Crippen LogP contribution >= 0.6 is 0 Å². The molecule has 1 aromatic carbocycles. The molecule has 2 N–H and O–H groups in total. The smallest absolute Gasteiger partial charge is 0.255 e. The van der Waals surface area contributed by atoms with E-state index < -0.39 is 6.04 Å². The maximum Gasteiger partial charge on any atom is 0.255 e. The lowest BCUT2D eigenvalue weighted by Crippen LogP contribution is -2.52. The van der Waals surface area contributed by atoms with E-state index >= 15 is 0 Å². The summed E-state index contributed by atoms with van der Waals surface area (Å²) in [6.45, 7) is 12.4. The summed E-state index contributed by atoms with van der Waals surface area (Å²) >= 11 is 0. The van der Waals surface area contributed by atoms with Crippen molar-refractivity contribution in [3.05, 3.63) is 34.9 Å². The minimum absolute atomic E-state index is 0.107. The summed E-state index contributed by atoms with van der Waals surface area (Å²) in [5.74, 6) is -0.724. The fourth-order valence-corrected chi connectivity index (χ4v) is 5.37. The zero-order chi connectivity index (χ0) is 22.8. The number of carbonyl (C=O) groups is 3. The summed E-state index contributed by atoms with van der Waals surface area (Å²) < 4.78 is 0. The Morgan fingerprint density at radius 3 is 2.30 bits per heavy atom. The van der Waals surface area contributed by atoms with Crippen molar-refractivity contribution in [2.75, 3.05) is 65.4 Å². The summed E-state index contributed by atoms with van der Waals surface area (Å²) in [6.07, 6.45) is 0.680. The third-order valence-electron chi connectivity index (χ3n) is 7.40. The quantitative estimate of drug-likeness (QED) is 0.559. The van der Waals surface area contributed by atoms with E-state index in [9.17, 15) is 14.4 Å². The fraction of sp³-hybridized carbons (Fsp3) is 0.625. The molecule has 0 saturated carbocycles. The standard InChI is InChI=1S/C24H34N6O3/c31-22-4-3-21(23(32)26-22)30-17-19-15-18(1-2-20(19)24(30)33)16-29-13-11-28(12-14-29)10-9-27-7-5-25-6-8-27/h1-2,15,21,25H,3-14,16-17H2,(H,26,31,32). The average molecular weight is 455 g/mol. The molecular formula is C24H34N6O3. The first kappa shape index (κ1) is 22.5. The highest BCUT2D eigenvalue weighted by atomic mass is 16.2. The van der Waals surface area contributed by atoms with Gasteiger partial charge in [0.25, 0.3) is 5.91 Å². The van der Waals surface area contributed by atoms with Crippen LogP contribution in [0.15, 0.2) is 18.2 Å². The minimum Gasteiger partial charge on any atom is -0.322 e. The van der Waals surface area contributed by atoms with Gasteiger partial charge in [-0.15, -0.1) is 0 Å². The second-order valence-electron chi connectivity index (χ2n) is 9.60. The van der Waals surface area contributed by atoms with Gasteiger partial charge >= 0.3 is 0 Å². The number of carbonyl (C=O) groups excluding carboxylic acids is 3. The summed E-state index contributed by atoms with van der Waals surface area (Å²) in [7, 11) is 0. The Balaban J connectivity index is 1.12. The molecule has 0 radical (unpaired) electrons. The van der Waals surface area contributed by atoms with Crippen LogP contribution < -0.4 is 10.6 Å². The van der Waals surface area contributed by atoms with Crippen LogP contribution in [-0.2, 0) is 22.7 Å². The number of hydrogen-bond acceptors (Lipinski definition) is 7. The normalized spacial score (nSPS) is 25.4. The predicted molar refractivity (Wildman–Crippen MR) is 124 cm³/mol. The molecule has 4 heterocycles. The molecule has 9 nitrogen and oxygen atoms in total. The van der Waals surface area contributed by atoms with Gasteiger partial charge < -0.3 is 10.2 Å². The van der Waals surface area contributed by atoms with Crippen molar-refractivity contribution in [2.24, 2.45) is 0 Å². The molecule has 3 saturated heterocycles. The van der Waals surface area contributed by atoms with Crippen molar-refractivity contribution in [2.45, 2.75) is 32.0 Å². The molecule has 3 fully saturated rings. The van der Waals surface area contributed by atoms with Crippen molar-refractivity contribution in [3.8, 4) is 0 Å². The number of piperidine rings is 1. The summed E-state index contributed by atoms with van der Waals surface area (Å²) in [4.78, 5) is 45.8. The number of nitrogens with zero attached hydrogens (tertiary/aromatic N) is 4. The number of amides is 3. The highest BCUT2D eigenvalue weighted by Gasteiger charge is 2.39. The number of piperazine rings is 2. The largest absolute Gasteiger partial charge is 0.322 e. The van der Waals surface area contributed by atoms with E-state index in [0.29, 0.717) is 18.5 Å². The Morgan fingerprint density at radius 2 is 1.58 bits per heavy atom. The molecule has 33 heavy (non-hydrogen) atoms. The third-order valence-corrected chi connectivity index (χ3v) is 7.40. The molecule has 5 rings (SSSR count). The Bertz CT molecular complexity index is 907. The molecule has 4 aliphatic heterocycles. The molecular weight excluding hydrogens is 420 g/mol. The van der Waals surface area contributed by atoms with Gasteiger partial charge in [-0.25, -0.2) is 0 Å². The number of nitrogens with one attached hydrogen (secondary N) is 2. The maximum atomic E-state index is 12.9. The number of imide groups is 1. The van der Waals surface area contributed by atoms with E-state index in [0.717, 1.165) is 77.6 Å². The first-order valence-electron chi connectivity index (χ1n) is 12.2. The van der Waals surface area contributed by atoms with Crippen molar-refractivity contribution in [3.63, 3.8) is 0 Å². The molecule has 178 valence electrons. The van der Waals surface area contributed by atoms with E-state index in [1.807, 2.05) is 12.1 Å². The molecule has 3 amide bonds. The van der Waals surface area contributed by atoms with E-state index in [1.54, 1.807) is 4.90 Å². The molecule has 9 heteroatoms. The van der Waals surface area contributed by atoms with Gasteiger partial charge in [-0.2, -0.15) is 0 Å². The van der Waals surface area contributed by atoms with Crippen LogP contribution in [0.3, 0.4) is 0 Å².